The van der Waals surface area contributed by atoms with E-state index in [0.717, 1.165) is 11.1 Å². The maximum absolute atomic E-state index is 10.5. The summed E-state index contributed by atoms with van der Waals surface area (Å²) < 4.78 is 0. The van der Waals surface area contributed by atoms with Gasteiger partial charge in [-0.3, -0.25) is 15.1 Å². The zero-order valence-corrected chi connectivity index (χ0v) is 11.1. The Labute approximate surface area is 117 Å². The first-order chi connectivity index (χ1) is 9.65. The fourth-order valence-electron chi connectivity index (χ4n) is 1.69. The molecule has 0 aliphatic rings. The minimum Gasteiger partial charge on any atom is -0.258 e. The molecule has 4 nitrogen and oxygen atoms in total. The third-order valence-electron chi connectivity index (χ3n) is 2.67. The minimum atomic E-state index is -0.423. The van der Waals surface area contributed by atoms with Crippen molar-refractivity contribution >= 4 is 23.7 Å². The van der Waals surface area contributed by atoms with Crippen LogP contribution in [0.4, 0.5) is 11.4 Å². The van der Waals surface area contributed by atoms with Gasteiger partial charge in [0.15, 0.2) is 0 Å². The molecule has 100 valence electrons. The standard InChI is InChI=1S/C16H14N2O2/c1-13(11-14-5-3-2-4-6-14)12-17-15-7-9-16(10-8-15)18(19)20/h2-12H,1H3/b13-11+,17-12?. The van der Waals surface area contributed by atoms with Gasteiger partial charge in [-0.1, -0.05) is 36.4 Å². The predicted octanol–water partition coefficient (Wildman–Crippen LogP) is 4.40. The van der Waals surface area contributed by atoms with Gasteiger partial charge in [0, 0.05) is 18.3 Å². The van der Waals surface area contributed by atoms with Gasteiger partial charge in [0.05, 0.1) is 10.6 Å². The maximum Gasteiger partial charge on any atom is 0.269 e. The van der Waals surface area contributed by atoms with Crippen LogP contribution in [0.1, 0.15) is 12.5 Å². The van der Waals surface area contributed by atoms with Crippen LogP contribution in [0.25, 0.3) is 6.08 Å². The van der Waals surface area contributed by atoms with Gasteiger partial charge in [0.1, 0.15) is 0 Å². The Morgan fingerprint density at radius 1 is 1.10 bits per heavy atom. The van der Waals surface area contributed by atoms with Gasteiger partial charge in [-0.25, -0.2) is 0 Å². The highest BCUT2D eigenvalue weighted by molar-refractivity contribution is 5.86. The summed E-state index contributed by atoms with van der Waals surface area (Å²) in [5.41, 5.74) is 2.88. The first-order valence-electron chi connectivity index (χ1n) is 6.17. The molecule has 0 aliphatic carbocycles. The molecule has 0 radical (unpaired) electrons. The van der Waals surface area contributed by atoms with E-state index in [9.17, 15) is 10.1 Å². The van der Waals surface area contributed by atoms with Crippen molar-refractivity contribution in [2.75, 3.05) is 0 Å². The highest BCUT2D eigenvalue weighted by atomic mass is 16.6. The summed E-state index contributed by atoms with van der Waals surface area (Å²) in [5, 5.41) is 10.5. The van der Waals surface area contributed by atoms with Crippen molar-refractivity contribution in [2.45, 2.75) is 6.92 Å². The van der Waals surface area contributed by atoms with Crippen LogP contribution in [0.15, 0.2) is 65.2 Å². The van der Waals surface area contributed by atoms with Gasteiger partial charge < -0.3 is 0 Å². The van der Waals surface area contributed by atoms with E-state index in [1.165, 1.54) is 12.1 Å². The monoisotopic (exact) mass is 266 g/mol. The van der Waals surface area contributed by atoms with E-state index in [-0.39, 0.29) is 5.69 Å². The smallest absolute Gasteiger partial charge is 0.258 e. The molecule has 0 heterocycles. The van der Waals surface area contributed by atoms with E-state index in [0.29, 0.717) is 5.69 Å². The van der Waals surface area contributed by atoms with Gasteiger partial charge in [0.2, 0.25) is 0 Å². The molecule has 2 aromatic rings. The van der Waals surface area contributed by atoms with E-state index >= 15 is 0 Å². The second kappa shape index (κ2) is 6.43. The highest BCUT2D eigenvalue weighted by Gasteiger charge is 2.02. The topological polar surface area (TPSA) is 55.5 Å². The van der Waals surface area contributed by atoms with Gasteiger partial charge >= 0.3 is 0 Å². The number of rotatable bonds is 4. The highest BCUT2D eigenvalue weighted by Crippen LogP contribution is 2.17. The Kier molecular flexibility index (Phi) is 4.39. The Morgan fingerprint density at radius 2 is 1.75 bits per heavy atom. The molecule has 0 N–H and O–H groups in total. The van der Waals surface area contributed by atoms with E-state index in [1.807, 2.05) is 43.3 Å². The summed E-state index contributed by atoms with van der Waals surface area (Å²) in [6.07, 6.45) is 3.77. The molecule has 0 atom stereocenters. The third-order valence-corrected chi connectivity index (χ3v) is 2.67. The molecule has 0 spiro atoms. The molecule has 0 fully saturated rings. The number of aliphatic imine (C=N–C) groups is 1. The van der Waals surface area contributed by atoms with Crippen LogP contribution >= 0.6 is 0 Å². The number of benzene rings is 2. The molecule has 0 unspecified atom stereocenters. The second-order valence-corrected chi connectivity index (χ2v) is 4.33. The Bertz CT molecular complexity index is 644. The summed E-state index contributed by atoms with van der Waals surface area (Å²) in [5.74, 6) is 0. The van der Waals surface area contributed by atoms with Crippen LogP contribution < -0.4 is 0 Å². The summed E-state index contributed by atoms with van der Waals surface area (Å²) in [6, 6.07) is 16.1. The quantitative estimate of drug-likeness (QED) is 0.468. The zero-order valence-electron chi connectivity index (χ0n) is 11.1. The summed E-state index contributed by atoms with van der Waals surface area (Å²) in [7, 11) is 0. The normalized spacial score (nSPS) is 11.8. The third kappa shape index (κ3) is 3.88. The molecule has 0 saturated carbocycles. The maximum atomic E-state index is 10.5. The molecule has 0 saturated heterocycles. The summed E-state index contributed by atoms with van der Waals surface area (Å²) in [4.78, 5) is 14.4. The van der Waals surface area contributed by atoms with Gasteiger partial charge in [-0.15, -0.1) is 0 Å². The lowest BCUT2D eigenvalue weighted by atomic mass is 10.1. The van der Waals surface area contributed by atoms with Gasteiger partial charge in [-0.05, 0) is 30.2 Å². The van der Waals surface area contributed by atoms with Crippen LogP contribution in [-0.4, -0.2) is 11.1 Å². The van der Waals surface area contributed by atoms with Gasteiger partial charge in [0.25, 0.3) is 5.69 Å². The molecule has 20 heavy (non-hydrogen) atoms. The van der Waals surface area contributed by atoms with Crippen LogP contribution in [0, 0.1) is 10.1 Å². The molecule has 4 heteroatoms. The van der Waals surface area contributed by atoms with Crippen LogP contribution in [0.2, 0.25) is 0 Å². The van der Waals surface area contributed by atoms with Crippen molar-refractivity contribution in [1.29, 1.82) is 0 Å². The molecule has 0 aromatic heterocycles. The summed E-state index contributed by atoms with van der Waals surface area (Å²) >= 11 is 0. The fraction of sp³-hybridized carbons (Fsp3) is 0.0625. The molecule has 0 amide bonds. The lowest BCUT2D eigenvalue weighted by Gasteiger charge is -1.96. The largest absolute Gasteiger partial charge is 0.269 e. The van der Waals surface area contributed by atoms with Crippen LogP contribution in [0.5, 0.6) is 0 Å². The molecule has 0 bridgehead atoms. The van der Waals surface area contributed by atoms with Crippen LogP contribution in [-0.2, 0) is 0 Å². The van der Waals surface area contributed by atoms with Crippen molar-refractivity contribution in [1.82, 2.24) is 0 Å². The van der Waals surface area contributed by atoms with E-state index < -0.39 is 4.92 Å². The number of hydrogen-bond donors (Lipinski definition) is 0. The number of nitrogens with zero attached hydrogens (tertiary/aromatic N) is 2. The van der Waals surface area contributed by atoms with Gasteiger partial charge in [-0.2, -0.15) is 0 Å². The first kappa shape index (κ1) is 13.7. The van der Waals surface area contributed by atoms with Crippen molar-refractivity contribution in [2.24, 2.45) is 4.99 Å². The molecular weight excluding hydrogens is 252 g/mol. The number of nitro groups is 1. The van der Waals surface area contributed by atoms with E-state index in [1.54, 1.807) is 18.3 Å². The van der Waals surface area contributed by atoms with Crippen molar-refractivity contribution in [3.63, 3.8) is 0 Å². The Balaban J connectivity index is 2.09. The van der Waals surface area contributed by atoms with Crippen molar-refractivity contribution < 1.29 is 4.92 Å². The minimum absolute atomic E-state index is 0.0699. The Hall–Kier alpha value is -2.75. The number of allylic oxidation sites excluding steroid dienone is 1. The first-order valence-corrected chi connectivity index (χ1v) is 6.17. The van der Waals surface area contributed by atoms with E-state index in [4.69, 9.17) is 0 Å². The van der Waals surface area contributed by atoms with Crippen LogP contribution in [0.3, 0.4) is 0 Å². The molecule has 2 aromatic carbocycles. The Morgan fingerprint density at radius 3 is 2.35 bits per heavy atom. The zero-order chi connectivity index (χ0) is 14.4. The average Bonchev–Trinajstić information content (AvgIpc) is 2.46. The SMILES string of the molecule is C/C(C=Nc1ccc([N+](=O)[O-])cc1)=C\c1ccccc1. The summed E-state index contributed by atoms with van der Waals surface area (Å²) in [6.45, 7) is 1.96. The lowest BCUT2D eigenvalue weighted by Crippen LogP contribution is -1.85. The van der Waals surface area contributed by atoms with Crippen molar-refractivity contribution in [3.8, 4) is 0 Å². The van der Waals surface area contributed by atoms with E-state index in [2.05, 4.69) is 4.99 Å². The molecule has 2 rings (SSSR count). The molecule has 0 aliphatic heterocycles. The number of hydrogen-bond acceptors (Lipinski definition) is 3. The van der Waals surface area contributed by atoms with Crippen molar-refractivity contribution in [3.05, 3.63) is 75.8 Å². The number of nitro benzene ring substituents is 1. The molecular formula is C16H14N2O2. The lowest BCUT2D eigenvalue weighted by molar-refractivity contribution is -0.384. The average molecular weight is 266 g/mol. The second-order valence-electron chi connectivity index (χ2n) is 4.33. The fourth-order valence-corrected chi connectivity index (χ4v) is 1.69. The number of non-ortho nitro benzene ring substituents is 1. The predicted molar refractivity (Wildman–Crippen MR) is 81.3 cm³/mol.